The maximum absolute atomic E-state index is 12.4. The molecule has 0 aliphatic heterocycles. The number of furan rings is 1. The molecule has 1 heterocycles. The van der Waals surface area contributed by atoms with Gasteiger partial charge in [0.1, 0.15) is 6.04 Å². The van der Waals surface area contributed by atoms with Crippen molar-refractivity contribution in [3.8, 4) is 0 Å². The van der Waals surface area contributed by atoms with E-state index in [1.54, 1.807) is 19.9 Å². The lowest BCUT2D eigenvalue weighted by Crippen LogP contribution is -2.48. The minimum Gasteiger partial charge on any atom is -0.459 e. The smallest absolute Gasteiger partial charge is 0.329 e. The summed E-state index contributed by atoms with van der Waals surface area (Å²) >= 11 is 0. The first kappa shape index (κ1) is 21.0. The molecule has 1 aromatic rings. The van der Waals surface area contributed by atoms with Gasteiger partial charge in [0.05, 0.1) is 6.26 Å². The molecular formula is C20H30N2O5. The summed E-state index contributed by atoms with van der Waals surface area (Å²) in [6, 6.07) is 2.36. The molecule has 150 valence electrons. The van der Waals surface area contributed by atoms with Gasteiger partial charge >= 0.3 is 5.97 Å². The number of rotatable bonds is 7. The molecule has 1 fully saturated rings. The minimum atomic E-state index is -0.857. The van der Waals surface area contributed by atoms with E-state index in [1.165, 1.54) is 18.8 Å². The van der Waals surface area contributed by atoms with Gasteiger partial charge in [-0.15, -0.1) is 0 Å². The van der Waals surface area contributed by atoms with E-state index in [9.17, 15) is 14.4 Å². The molecule has 1 aliphatic carbocycles. The summed E-state index contributed by atoms with van der Waals surface area (Å²) in [5, 5.41) is 5.56. The molecule has 0 bridgehead atoms. The predicted octanol–water partition coefficient (Wildman–Crippen LogP) is 2.52. The fraction of sp³-hybridized carbons (Fsp3) is 0.650. The van der Waals surface area contributed by atoms with Crippen molar-refractivity contribution in [1.82, 2.24) is 10.6 Å². The first-order chi connectivity index (χ1) is 12.8. The second-order valence-electron chi connectivity index (χ2n) is 7.72. The SMILES string of the molecule is CC(C)[C@H](NC(=O)c1ccco1)C(=O)OCC(=O)N[C@@H]1CCC[C@H](C)[C@H]1C. The Morgan fingerprint density at radius 3 is 2.63 bits per heavy atom. The highest BCUT2D eigenvalue weighted by Crippen LogP contribution is 2.29. The first-order valence-electron chi connectivity index (χ1n) is 9.60. The molecule has 0 radical (unpaired) electrons. The molecule has 2 N–H and O–H groups in total. The second-order valence-corrected chi connectivity index (χ2v) is 7.72. The Morgan fingerprint density at radius 1 is 1.26 bits per heavy atom. The molecule has 1 aliphatic rings. The summed E-state index contributed by atoms with van der Waals surface area (Å²) < 4.78 is 10.2. The van der Waals surface area contributed by atoms with Crippen LogP contribution in [-0.4, -0.2) is 36.5 Å². The zero-order valence-electron chi connectivity index (χ0n) is 16.5. The number of nitrogens with one attached hydrogen (secondary N) is 2. The van der Waals surface area contributed by atoms with Crippen molar-refractivity contribution < 1.29 is 23.5 Å². The van der Waals surface area contributed by atoms with Crippen molar-refractivity contribution in [3.05, 3.63) is 24.2 Å². The van der Waals surface area contributed by atoms with E-state index in [2.05, 4.69) is 24.5 Å². The van der Waals surface area contributed by atoms with Crippen LogP contribution in [0.1, 0.15) is 57.5 Å². The van der Waals surface area contributed by atoms with Crippen molar-refractivity contribution in [1.29, 1.82) is 0 Å². The molecule has 1 saturated carbocycles. The number of carbonyl (C=O) groups excluding carboxylic acids is 3. The summed E-state index contributed by atoms with van der Waals surface area (Å²) in [6.45, 7) is 7.56. The fourth-order valence-corrected chi connectivity index (χ4v) is 3.38. The lowest BCUT2D eigenvalue weighted by Gasteiger charge is -2.34. The lowest BCUT2D eigenvalue weighted by molar-refractivity contribution is -0.151. The van der Waals surface area contributed by atoms with Crippen LogP contribution in [0.5, 0.6) is 0 Å². The monoisotopic (exact) mass is 378 g/mol. The molecule has 1 aromatic heterocycles. The highest BCUT2D eigenvalue weighted by molar-refractivity contribution is 5.94. The summed E-state index contributed by atoms with van der Waals surface area (Å²) in [4.78, 5) is 36.6. The molecule has 7 nitrogen and oxygen atoms in total. The van der Waals surface area contributed by atoms with E-state index in [1.807, 2.05) is 0 Å². The Kier molecular flexibility index (Phi) is 7.45. The zero-order valence-corrected chi connectivity index (χ0v) is 16.5. The van der Waals surface area contributed by atoms with E-state index in [0.29, 0.717) is 11.8 Å². The molecule has 2 rings (SSSR count). The van der Waals surface area contributed by atoms with Crippen LogP contribution >= 0.6 is 0 Å². The third-order valence-corrected chi connectivity index (χ3v) is 5.35. The molecule has 27 heavy (non-hydrogen) atoms. The van der Waals surface area contributed by atoms with E-state index in [4.69, 9.17) is 9.15 Å². The Balaban J connectivity index is 1.84. The number of esters is 1. The molecule has 0 saturated heterocycles. The number of hydrogen-bond donors (Lipinski definition) is 2. The van der Waals surface area contributed by atoms with Gasteiger partial charge in [-0.1, -0.05) is 40.5 Å². The highest BCUT2D eigenvalue weighted by atomic mass is 16.5. The summed E-state index contributed by atoms with van der Waals surface area (Å²) in [6.07, 6.45) is 4.59. The van der Waals surface area contributed by atoms with Crippen molar-refractivity contribution in [2.24, 2.45) is 17.8 Å². The van der Waals surface area contributed by atoms with E-state index >= 15 is 0 Å². The van der Waals surface area contributed by atoms with Crippen LogP contribution in [0.2, 0.25) is 0 Å². The predicted molar refractivity (Wildman–Crippen MR) is 99.9 cm³/mol. The quantitative estimate of drug-likeness (QED) is 0.711. The lowest BCUT2D eigenvalue weighted by atomic mass is 9.78. The first-order valence-corrected chi connectivity index (χ1v) is 9.60. The number of amides is 2. The highest BCUT2D eigenvalue weighted by Gasteiger charge is 2.30. The molecular weight excluding hydrogens is 348 g/mol. The Hall–Kier alpha value is -2.31. The minimum absolute atomic E-state index is 0.111. The maximum atomic E-state index is 12.4. The van der Waals surface area contributed by atoms with Crippen LogP contribution in [0.25, 0.3) is 0 Å². The van der Waals surface area contributed by atoms with Crippen molar-refractivity contribution in [3.63, 3.8) is 0 Å². The number of ether oxygens (including phenoxy) is 1. The average molecular weight is 378 g/mol. The summed E-state index contributed by atoms with van der Waals surface area (Å²) in [7, 11) is 0. The molecule has 0 spiro atoms. The Labute approximate surface area is 160 Å². The van der Waals surface area contributed by atoms with Gasteiger partial charge in [0, 0.05) is 6.04 Å². The number of carbonyl (C=O) groups is 3. The molecule has 0 aromatic carbocycles. The molecule has 7 heteroatoms. The van der Waals surface area contributed by atoms with Gasteiger partial charge in [0.25, 0.3) is 11.8 Å². The van der Waals surface area contributed by atoms with Crippen LogP contribution in [0.3, 0.4) is 0 Å². The third-order valence-electron chi connectivity index (χ3n) is 5.35. The van der Waals surface area contributed by atoms with E-state index < -0.39 is 17.9 Å². The maximum Gasteiger partial charge on any atom is 0.329 e. The van der Waals surface area contributed by atoms with Crippen molar-refractivity contribution in [2.45, 2.75) is 59.0 Å². The number of hydrogen-bond acceptors (Lipinski definition) is 5. The van der Waals surface area contributed by atoms with E-state index in [0.717, 1.165) is 12.8 Å². The van der Waals surface area contributed by atoms with Gasteiger partial charge in [-0.3, -0.25) is 9.59 Å². The van der Waals surface area contributed by atoms with Gasteiger partial charge in [-0.05, 0) is 36.3 Å². The van der Waals surface area contributed by atoms with Gasteiger partial charge in [-0.2, -0.15) is 0 Å². The fourth-order valence-electron chi connectivity index (χ4n) is 3.38. The van der Waals surface area contributed by atoms with Crippen molar-refractivity contribution in [2.75, 3.05) is 6.61 Å². The van der Waals surface area contributed by atoms with Gasteiger partial charge in [0.15, 0.2) is 12.4 Å². The van der Waals surface area contributed by atoms with Crippen LogP contribution in [0.4, 0.5) is 0 Å². The summed E-state index contributed by atoms with van der Waals surface area (Å²) in [5.41, 5.74) is 0. The normalized spacial score (nSPS) is 23.5. The van der Waals surface area contributed by atoms with Crippen LogP contribution in [-0.2, 0) is 14.3 Å². The van der Waals surface area contributed by atoms with Crippen LogP contribution in [0, 0.1) is 17.8 Å². The van der Waals surface area contributed by atoms with E-state index in [-0.39, 0.29) is 30.2 Å². The Morgan fingerprint density at radius 2 is 2.00 bits per heavy atom. The molecule has 4 atom stereocenters. The third kappa shape index (κ3) is 5.84. The second kappa shape index (κ2) is 9.58. The average Bonchev–Trinajstić information content (AvgIpc) is 3.16. The van der Waals surface area contributed by atoms with Gasteiger partial charge < -0.3 is 19.8 Å². The summed E-state index contributed by atoms with van der Waals surface area (Å²) in [5.74, 6) is -0.558. The van der Waals surface area contributed by atoms with Gasteiger partial charge in [0.2, 0.25) is 0 Å². The largest absolute Gasteiger partial charge is 0.459 e. The molecule has 2 amide bonds. The van der Waals surface area contributed by atoms with Crippen LogP contribution in [0.15, 0.2) is 22.8 Å². The Bertz CT molecular complexity index is 641. The standard InChI is InChI=1S/C20H30N2O5/c1-12(2)18(22-19(24)16-9-6-10-26-16)20(25)27-11-17(23)21-15-8-5-7-13(3)14(15)4/h6,9-10,12-15,18H,5,7-8,11H2,1-4H3,(H,21,23)(H,22,24)/t13-,14+,15+,18-/m0/s1. The topological polar surface area (TPSA) is 97.6 Å². The zero-order chi connectivity index (χ0) is 20.0. The molecule has 0 unspecified atom stereocenters. The van der Waals surface area contributed by atoms with Crippen molar-refractivity contribution >= 4 is 17.8 Å². The van der Waals surface area contributed by atoms with Gasteiger partial charge in [-0.25, -0.2) is 4.79 Å². The van der Waals surface area contributed by atoms with Crippen LogP contribution < -0.4 is 10.6 Å².